The summed E-state index contributed by atoms with van der Waals surface area (Å²) >= 11 is 0. The largest absolute Gasteiger partial charge is 0.395 e. The van der Waals surface area contributed by atoms with Crippen LogP contribution in [-0.2, 0) is 0 Å². The van der Waals surface area contributed by atoms with Crippen LogP contribution in [0.2, 0.25) is 0 Å². The minimum Gasteiger partial charge on any atom is -0.395 e. The van der Waals surface area contributed by atoms with Crippen LogP contribution in [0.4, 0.5) is 0 Å². The molecule has 3 nitrogen and oxygen atoms in total. The Bertz CT molecular complexity index is 218. The highest BCUT2D eigenvalue weighted by Gasteiger charge is 2.34. The Morgan fingerprint density at radius 1 is 1.41 bits per heavy atom. The molecule has 0 bridgehead atoms. The molecule has 1 rings (SSSR count). The summed E-state index contributed by atoms with van der Waals surface area (Å²) < 4.78 is 0. The summed E-state index contributed by atoms with van der Waals surface area (Å²) in [6, 6.07) is 0.661. The minimum atomic E-state index is 0.262. The Morgan fingerprint density at radius 3 is 2.71 bits per heavy atom. The van der Waals surface area contributed by atoms with E-state index in [1.54, 1.807) is 0 Å². The molecule has 1 aliphatic carbocycles. The van der Waals surface area contributed by atoms with Gasteiger partial charge in [0, 0.05) is 19.1 Å². The summed E-state index contributed by atoms with van der Waals surface area (Å²) in [7, 11) is 2.11. The smallest absolute Gasteiger partial charge is 0.0558 e. The van der Waals surface area contributed by atoms with Crippen LogP contribution in [0.25, 0.3) is 0 Å². The molecule has 2 atom stereocenters. The summed E-state index contributed by atoms with van der Waals surface area (Å²) in [5.74, 6) is 0.718. The number of likely N-dealkylation sites (N-methyl/N-ethyl adjacent to an activating group) is 1. The van der Waals surface area contributed by atoms with Crippen LogP contribution in [0.15, 0.2) is 0 Å². The van der Waals surface area contributed by atoms with Crippen LogP contribution in [-0.4, -0.2) is 49.3 Å². The lowest BCUT2D eigenvalue weighted by Crippen LogP contribution is -2.47. The van der Waals surface area contributed by atoms with Crippen molar-refractivity contribution >= 4 is 0 Å². The second kappa shape index (κ2) is 6.72. The fourth-order valence-corrected chi connectivity index (χ4v) is 3.12. The minimum absolute atomic E-state index is 0.262. The van der Waals surface area contributed by atoms with E-state index in [1.807, 2.05) is 0 Å². The second-order valence-corrected chi connectivity index (χ2v) is 6.32. The zero-order valence-corrected chi connectivity index (χ0v) is 12.0. The molecule has 102 valence electrons. The fraction of sp³-hybridized carbons (Fsp3) is 1.00. The average molecular weight is 242 g/mol. The third-order valence-corrected chi connectivity index (χ3v) is 4.01. The summed E-state index contributed by atoms with van der Waals surface area (Å²) in [5.41, 5.74) is 0.483. The Labute approximate surface area is 107 Å². The number of aliphatic hydroxyl groups is 1. The van der Waals surface area contributed by atoms with Crippen LogP contribution in [0.3, 0.4) is 0 Å². The van der Waals surface area contributed by atoms with Gasteiger partial charge in [0.1, 0.15) is 0 Å². The maximum absolute atomic E-state index is 8.98. The average Bonchev–Trinajstić information content (AvgIpc) is 2.22. The summed E-state index contributed by atoms with van der Waals surface area (Å²) in [5, 5.41) is 12.6. The fourth-order valence-electron chi connectivity index (χ4n) is 3.12. The number of hydrogen-bond donors (Lipinski definition) is 2. The molecular formula is C14H30N2O. The maximum atomic E-state index is 8.98. The Balaban J connectivity index is 2.54. The molecule has 17 heavy (non-hydrogen) atoms. The van der Waals surface area contributed by atoms with Gasteiger partial charge in [0.25, 0.3) is 0 Å². The predicted molar refractivity (Wildman–Crippen MR) is 73.2 cm³/mol. The normalized spacial score (nSPS) is 28.6. The lowest BCUT2D eigenvalue weighted by Gasteiger charge is -2.42. The van der Waals surface area contributed by atoms with Crippen molar-refractivity contribution < 1.29 is 5.11 Å². The van der Waals surface area contributed by atoms with Gasteiger partial charge in [0.05, 0.1) is 6.61 Å². The molecule has 0 aromatic carbocycles. The molecule has 0 aromatic heterocycles. The topological polar surface area (TPSA) is 35.5 Å². The van der Waals surface area contributed by atoms with Gasteiger partial charge < -0.3 is 15.3 Å². The van der Waals surface area contributed by atoms with E-state index in [9.17, 15) is 0 Å². The third kappa shape index (κ3) is 4.94. The van der Waals surface area contributed by atoms with Gasteiger partial charge >= 0.3 is 0 Å². The van der Waals surface area contributed by atoms with E-state index in [2.05, 4.69) is 38.0 Å². The Morgan fingerprint density at radius 2 is 2.12 bits per heavy atom. The van der Waals surface area contributed by atoms with Gasteiger partial charge in [-0.2, -0.15) is 0 Å². The molecule has 1 aliphatic rings. The second-order valence-electron chi connectivity index (χ2n) is 6.32. The van der Waals surface area contributed by atoms with Crippen LogP contribution >= 0.6 is 0 Å². The van der Waals surface area contributed by atoms with Gasteiger partial charge in [0.2, 0.25) is 0 Å². The van der Waals surface area contributed by atoms with E-state index < -0.39 is 0 Å². The Kier molecular flexibility index (Phi) is 5.90. The van der Waals surface area contributed by atoms with Crippen molar-refractivity contribution in [2.45, 2.75) is 46.1 Å². The van der Waals surface area contributed by atoms with Crippen LogP contribution in [0.1, 0.15) is 40.0 Å². The van der Waals surface area contributed by atoms with E-state index in [-0.39, 0.29) is 6.61 Å². The van der Waals surface area contributed by atoms with Crippen LogP contribution in [0, 0.1) is 11.3 Å². The summed E-state index contributed by atoms with van der Waals surface area (Å²) in [6.07, 6.45) is 3.91. The Hall–Kier alpha value is -0.120. The monoisotopic (exact) mass is 242 g/mol. The van der Waals surface area contributed by atoms with Gasteiger partial charge in [-0.05, 0) is 44.2 Å². The predicted octanol–water partition coefficient (Wildman–Crippen LogP) is 1.71. The van der Waals surface area contributed by atoms with Crippen molar-refractivity contribution in [1.29, 1.82) is 0 Å². The molecule has 1 saturated carbocycles. The number of hydrogen-bond acceptors (Lipinski definition) is 3. The molecule has 2 unspecified atom stereocenters. The van der Waals surface area contributed by atoms with Gasteiger partial charge in [-0.25, -0.2) is 0 Å². The third-order valence-electron chi connectivity index (χ3n) is 4.01. The lowest BCUT2D eigenvalue weighted by atomic mass is 9.69. The lowest BCUT2D eigenvalue weighted by molar-refractivity contribution is 0.102. The molecule has 0 radical (unpaired) electrons. The van der Waals surface area contributed by atoms with E-state index in [4.69, 9.17) is 5.11 Å². The summed E-state index contributed by atoms with van der Waals surface area (Å²) in [6.45, 7) is 10.2. The van der Waals surface area contributed by atoms with Crippen molar-refractivity contribution in [3.05, 3.63) is 0 Å². The first-order valence-electron chi connectivity index (χ1n) is 7.01. The van der Waals surface area contributed by atoms with Gasteiger partial charge in [-0.1, -0.05) is 20.8 Å². The zero-order chi connectivity index (χ0) is 12.9. The molecule has 0 aliphatic heterocycles. The molecule has 0 heterocycles. The quantitative estimate of drug-likeness (QED) is 0.744. The number of nitrogens with zero attached hydrogens (tertiary/aromatic N) is 1. The number of aliphatic hydroxyl groups excluding tert-OH is 1. The van der Waals surface area contributed by atoms with Crippen molar-refractivity contribution in [3.8, 4) is 0 Å². The van der Waals surface area contributed by atoms with Crippen molar-refractivity contribution in [1.82, 2.24) is 10.2 Å². The van der Waals surface area contributed by atoms with Gasteiger partial charge in [0.15, 0.2) is 0 Å². The molecule has 2 N–H and O–H groups in total. The molecule has 0 spiro atoms. The highest BCUT2D eigenvalue weighted by molar-refractivity contribution is 4.89. The van der Waals surface area contributed by atoms with E-state index >= 15 is 0 Å². The SMILES string of the molecule is CCNC1CCC(C)(C)CC1CN(C)CCO. The van der Waals surface area contributed by atoms with Gasteiger partial charge in [-0.3, -0.25) is 0 Å². The first-order chi connectivity index (χ1) is 7.98. The van der Waals surface area contributed by atoms with Crippen molar-refractivity contribution in [2.75, 3.05) is 33.3 Å². The zero-order valence-electron chi connectivity index (χ0n) is 12.0. The molecular weight excluding hydrogens is 212 g/mol. The van der Waals surface area contributed by atoms with Crippen molar-refractivity contribution in [2.24, 2.45) is 11.3 Å². The van der Waals surface area contributed by atoms with E-state index in [0.717, 1.165) is 25.6 Å². The first-order valence-corrected chi connectivity index (χ1v) is 7.01. The highest BCUT2D eigenvalue weighted by atomic mass is 16.3. The van der Waals surface area contributed by atoms with Gasteiger partial charge in [-0.15, -0.1) is 0 Å². The first kappa shape index (κ1) is 14.9. The number of nitrogens with one attached hydrogen (secondary N) is 1. The molecule has 0 aromatic rings. The van der Waals surface area contributed by atoms with E-state index in [0.29, 0.717) is 11.5 Å². The van der Waals surface area contributed by atoms with Crippen LogP contribution in [0.5, 0.6) is 0 Å². The molecule has 0 amide bonds. The standard InChI is InChI=1S/C14H30N2O/c1-5-15-13-6-7-14(2,3)10-12(13)11-16(4)8-9-17/h12-13,15,17H,5-11H2,1-4H3. The molecule has 1 fully saturated rings. The van der Waals surface area contributed by atoms with Crippen molar-refractivity contribution in [3.63, 3.8) is 0 Å². The highest BCUT2D eigenvalue weighted by Crippen LogP contribution is 2.38. The van der Waals surface area contributed by atoms with E-state index in [1.165, 1.54) is 19.3 Å². The number of rotatable bonds is 6. The summed E-state index contributed by atoms with van der Waals surface area (Å²) in [4.78, 5) is 2.26. The van der Waals surface area contributed by atoms with Crippen LogP contribution < -0.4 is 5.32 Å². The maximum Gasteiger partial charge on any atom is 0.0558 e. The molecule has 3 heteroatoms. The molecule has 0 saturated heterocycles.